The lowest BCUT2D eigenvalue weighted by atomic mass is 9.97. The zero-order valence-corrected chi connectivity index (χ0v) is 12.4. The summed E-state index contributed by atoms with van der Waals surface area (Å²) in [4.78, 5) is 12.2. The van der Waals surface area contributed by atoms with Gasteiger partial charge in [-0.05, 0) is 30.5 Å². The molecule has 1 N–H and O–H groups in total. The van der Waals surface area contributed by atoms with Gasteiger partial charge in [-0.2, -0.15) is 0 Å². The van der Waals surface area contributed by atoms with Crippen molar-refractivity contribution in [3.05, 3.63) is 33.3 Å². The number of nitrogens with one attached hydrogen (secondary N) is 1. The van der Waals surface area contributed by atoms with Crippen LogP contribution in [0.1, 0.15) is 23.7 Å². The first kappa shape index (κ1) is 13.8. The van der Waals surface area contributed by atoms with Crippen LogP contribution in [0, 0.1) is 5.92 Å². The van der Waals surface area contributed by atoms with Gasteiger partial charge < -0.3 is 10.1 Å². The SMILES string of the molecule is CC1COCCC1NC(=O)c1cc(Br)ccc1Cl. The highest BCUT2D eigenvalue weighted by Crippen LogP contribution is 2.22. The van der Waals surface area contributed by atoms with Crippen molar-refractivity contribution in [1.82, 2.24) is 5.32 Å². The van der Waals surface area contributed by atoms with E-state index < -0.39 is 0 Å². The molecular weight excluding hydrogens is 318 g/mol. The normalized spacial score (nSPS) is 23.7. The van der Waals surface area contributed by atoms with Gasteiger partial charge in [-0.3, -0.25) is 4.79 Å². The van der Waals surface area contributed by atoms with E-state index in [0.29, 0.717) is 29.7 Å². The second-order valence-electron chi connectivity index (χ2n) is 4.54. The lowest BCUT2D eigenvalue weighted by Crippen LogP contribution is -2.44. The second-order valence-corrected chi connectivity index (χ2v) is 5.87. The Morgan fingerprint density at radius 2 is 2.33 bits per heavy atom. The molecule has 98 valence electrons. The summed E-state index contributed by atoms with van der Waals surface area (Å²) in [5.41, 5.74) is 0.504. The molecule has 1 aromatic carbocycles. The number of benzene rings is 1. The number of ether oxygens (including phenoxy) is 1. The van der Waals surface area contributed by atoms with Crippen LogP contribution in [0.15, 0.2) is 22.7 Å². The molecule has 1 aromatic rings. The molecule has 0 aliphatic carbocycles. The molecule has 1 saturated heterocycles. The Kier molecular flexibility index (Phi) is 4.65. The molecule has 1 aliphatic rings. The molecule has 0 spiro atoms. The van der Waals surface area contributed by atoms with Crippen LogP contribution in [0.2, 0.25) is 5.02 Å². The Morgan fingerprint density at radius 3 is 3.06 bits per heavy atom. The van der Waals surface area contributed by atoms with E-state index in [1.807, 2.05) is 6.07 Å². The van der Waals surface area contributed by atoms with Gasteiger partial charge in [0.05, 0.1) is 17.2 Å². The van der Waals surface area contributed by atoms with Crippen LogP contribution in [0.4, 0.5) is 0 Å². The van der Waals surface area contributed by atoms with E-state index in [1.165, 1.54) is 0 Å². The molecule has 2 atom stereocenters. The summed E-state index contributed by atoms with van der Waals surface area (Å²) >= 11 is 9.38. The summed E-state index contributed by atoms with van der Waals surface area (Å²) in [6.45, 7) is 3.46. The van der Waals surface area contributed by atoms with Gasteiger partial charge in [0.2, 0.25) is 0 Å². The highest BCUT2D eigenvalue weighted by atomic mass is 79.9. The predicted molar refractivity (Wildman–Crippen MR) is 75.0 cm³/mol. The summed E-state index contributed by atoms with van der Waals surface area (Å²) in [6, 6.07) is 5.42. The molecular formula is C13H15BrClNO2. The van der Waals surface area contributed by atoms with Gasteiger partial charge >= 0.3 is 0 Å². The third kappa shape index (κ3) is 3.25. The number of carbonyl (C=O) groups is 1. The van der Waals surface area contributed by atoms with Crippen LogP contribution in [-0.4, -0.2) is 25.2 Å². The van der Waals surface area contributed by atoms with Crippen molar-refractivity contribution < 1.29 is 9.53 Å². The molecule has 2 unspecified atom stereocenters. The van der Waals surface area contributed by atoms with Crippen LogP contribution in [-0.2, 0) is 4.74 Å². The minimum atomic E-state index is -0.125. The van der Waals surface area contributed by atoms with Gasteiger partial charge in [0.1, 0.15) is 0 Å². The molecule has 0 aromatic heterocycles. The van der Waals surface area contributed by atoms with Crippen LogP contribution in [0.25, 0.3) is 0 Å². The standard InChI is InChI=1S/C13H15BrClNO2/c1-8-7-18-5-4-12(8)16-13(17)10-6-9(14)2-3-11(10)15/h2-3,6,8,12H,4-5,7H2,1H3,(H,16,17). The summed E-state index contributed by atoms with van der Waals surface area (Å²) in [5, 5.41) is 3.50. The number of amides is 1. The molecule has 1 aliphatic heterocycles. The van der Waals surface area contributed by atoms with Crippen molar-refractivity contribution in [1.29, 1.82) is 0 Å². The Bertz CT molecular complexity index is 453. The number of carbonyl (C=O) groups excluding carboxylic acids is 1. The lowest BCUT2D eigenvalue weighted by molar-refractivity contribution is 0.0375. The Hall–Kier alpha value is -0.580. The number of rotatable bonds is 2. The first-order valence-corrected chi connectivity index (χ1v) is 7.08. The maximum atomic E-state index is 12.2. The van der Waals surface area contributed by atoms with Crippen LogP contribution in [0.3, 0.4) is 0 Å². The van der Waals surface area contributed by atoms with Gasteiger partial charge in [-0.1, -0.05) is 34.5 Å². The zero-order valence-electron chi connectivity index (χ0n) is 10.1. The van der Waals surface area contributed by atoms with E-state index in [9.17, 15) is 4.79 Å². The molecule has 18 heavy (non-hydrogen) atoms. The monoisotopic (exact) mass is 331 g/mol. The van der Waals surface area contributed by atoms with Crippen molar-refractivity contribution in [2.75, 3.05) is 13.2 Å². The van der Waals surface area contributed by atoms with E-state index in [1.54, 1.807) is 12.1 Å². The molecule has 2 rings (SSSR count). The van der Waals surface area contributed by atoms with Gasteiger partial charge in [0, 0.05) is 17.1 Å². The molecule has 0 saturated carbocycles. The summed E-state index contributed by atoms with van der Waals surface area (Å²) in [6.07, 6.45) is 0.846. The Balaban J connectivity index is 2.09. The molecule has 5 heteroatoms. The third-order valence-corrected chi connectivity index (χ3v) is 3.95. The molecule has 1 heterocycles. The molecule has 0 radical (unpaired) electrons. The third-order valence-electron chi connectivity index (χ3n) is 3.13. The lowest BCUT2D eigenvalue weighted by Gasteiger charge is -2.29. The van der Waals surface area contributed by atoms with Gasteiger partial charge in [-0.15, -0.1) is 0 Å². The fraction of sp³-hybridized carbons (Fsp3) is 0.462. The van der Waals surface area contributed by atoms with Crippen LogP contribution >= 0.6 is 27.5 Å². The first-order chi connectivity index (χ1) is 8.58. The number of halogens is 2. The average molecular weight is 333 g/mol. The number of hydrogen-bond donors (Lipinski definition) is 1. The van der Waals surface area contributed by atoms with E-state index in [-0.39, 0.29) is 11.9 Å². The van der Waals surface area contributed by atoms with Crippen molar-refractivity contribution >= 4 is 33.4 Å². The number of hydrogen-bond acceptors (Lipinski definition) is 2. The first-order valence-electron chi connectivity index (χ1n) is 5.91. The summed E-state index contributed by atoms with van der Waals surface area (Å²) in [7, 11) is 0. The fourth-order valence-electron chi connectivity index (χ4n) is 2.01. The molecule has 3 nitrogen and oxygen atoms in total. The van der Waals surface area contributed by atoms with E-state index in [2.05, 4.69) is 28.2 Å². The average Bonchev–Trinajstić information content (AvgIpc) is 2.35. The largest absolute Gasteiger partial charge is 0.381 e. The summed E-state index contributed by atoms with van der Waals surface area (Å²) < 4.78 is 6.20. The van der Waals surface area contributed by atoms with Crippen LogP contribution in [0.5, 0.6) is 0 Å². The molecule has 1 fully saturated rings. The van der Waals surface area contributed by atoms with Crippen molar-refractivity contribution in [2.24, 2.45) is 5.92 Å². The highest BCUT2D eigenvalue weighted by molar-refractivity contribution is 9.10. The van der Waals surface area contributed by atoms with Crippen molar-refractivity contribution in [3.8, 4) is 0 Å². The minimum Gasteiger partial charge on any atom is -0.381 e. The fourth-order valence-corrected chi connectivity index (χ4v) is 2.58. The quantitative estimate of drug-likeness (QED) is 0.903. The maximum Gasteiger partial charge on any atom is 0.253 e. The second kappa shape index (κ2) is 6.04. The Morgan fingerprint density at radius 1 is 1.56 bits per heavy atom. The topological polar surface area (TPSA) is 38.3 Å². The predicted octanol–water partition coefficient (Wildman–Crippen LogP) is 3.26. The van der Waals surface area contributed by atoms with E-state index in [0.717, 1.165) is 10.9 Å². The van der Waals surface area contributed by atoms with Crippen molar-refractivity contribution in [3.63, 3.8) is 0 Å². The van der Waals surface area contributed by atoms with E-state index >= 15 is 0 Å². The Labute approximate surface area is 120 Å². The zero-order chi connectivity index (χ0) is 13.1. The smallest absolute Gasteiger partial charge is 0.253 e. The van der Waals surface area contributed by atoms with Crippen LogP contribution < -0.4 is 5.32 Å². The van der Waals surface area contributed by atoms with Crippen molar-refractivity contribution in [2.45, 2.75) is 19.4 Å². The van der Waals surface area contributed by atoms with Gasteiger partial charge in [0.15, 0.2) is 0 Å². The maximum absolute atomic E-state index is 12.2. The van der Waals surface area contributed by atoms with E-state index in [4.69, 9.17) is 16.3 Å². The highest BCUT2D eigenvalue weighted by Gasteiger charge is 2.24. The molecule has 1 amide bonds. The van der Waals surface area contributed by atoms with Gasteiger partial charge in [0.25, 0.3) is 5.91 Å². The minimum absolute atomic E-state index is 0.125. The van der Waals surface area contributed by atoms with Gasteiger partial charge in [-0.25, -0.2) is 0 Å². The summed E-state index contributed by atoms with van der Waals surface area (Å²) in [5.74, 6) is 0.202. The molecule has 0 bridgehead atoms.